The van der Waals surface area contributed by atoms with Gasteiger partial charge in [0.1, 0.15) is 11.6 Å². The molecule has 4 rings (SSSR count). The fraction of sp³-hybridized carbons (Fsp3) is 0.444. The summed E-state index contributed by atoms with van der Waals surface area (Å²) in [7, 11) is 2.12. The molecule has 0 aliphatic carbocycles. The highest BCUT2D eigenvalue weighted by Crippen LogP contribution is 2.31. The smallest absolute Gasteiger partial charge is 0.261 e. The Labute approximate surface area is 146 Å². The van der Waals surface area contributed by atoms with E-state index in [-0.39, 0.29) is 0 Å². The third kappa shape index (κ3) is 2.69. The first-order chi connectivity index (χ1) is 12.0. The number of rotatable bonds is 3. The number of pyridine rings is 1. The molecule has 0 amide bonds. The van der Waals surface area contributed by atoms with E-state index in [4.69, 9.17) is 9.51 Å². The first-order valence-electron chi connectivity index (χ1n) is 8.59. The van der Waals surface area contributed by atoms with Crippen LogP contribution >= 0.6 is 0 Å². The number of anilines is 1. The lowest BCUT2D eigenvalue weighted by Crippen LogP contribution is -2.32. The van der Waals surface area contributed by atoms with E-state index in [1.165, 1.54) is 5.69 Å². The predicted molar refractivity (Wildman–Crippen MR) is 94.3 cm³/mol. The number of imidazole rings is 1. The van der Waals surface area contributed by atoms with Crippen molar-refractivity contribution >= 4 is 5.82 Å². The summed E-state index contributed by atoms with van der Waals surface area (Å²) in [6.07, 6.45) is 2.75. The van der Waals surface area contributed by atoms with Gasteiger partial charge in [0, 0.05) is 37.8 Å². The van der Waals surface area contributed by atoms with Gasteiger partial charge in [-0.05, 0) is 19.1 Å². The van der Waals surface area contributed by atoms with Crippen molar-refractivity contribution in [2.75, 3.05) is 11.4 Å². The fourth-order valence-corrected chi connectivity index (χ4v) is 3.47. The molecule has 0 N–H and O–H groups in total. The molecule has 4 heterocycles. The maximum absolute atomic E-state index is 5.36. The Hall–Kier alpha value is -2.70. The van der Waals surface area contributed by atoms with Crippen molar-refractivity contribution in [3.8, 4) is 11.5 Å². The number of fused-ring (bicyclic) bond motifs is 1. The molecular weight excluding hydrogens is 316 g/mol. The van der Waals surface area contributed by atoms with Crippen LogP contribution in [-0.4, -0.2) is 31.2 Å². The SMILES string of the molecule is Cc1noc(-c2cccnc2N2CCc3c(nc(C(C)C)n3C)C2)n1. The summed E-state index contributed by atoms with van der Waals surface area (Å²) in [4.78, 5) is 16.1. The zero-order valence-corrected chi connectivity index (χ0v) is 15.0. The molecular formula is C18H22N6O. The highest BCUT2D eigenvalue weighted by atomic mass is 16.5. The molecule has 0 spiro atoms. The van der Waals surface area contributed by atoms with Gasteiger partial charge >= 0.3 is 0 Å². The maximum Gasteiger partial charge on any atom is 0.261 e. The summed E-state index contributed by atoms with van der Waals surface area (Å²) in [5.41, 5.74) is 3.33. The van der Waals surface area contributed by atoms with Crippen LogP contribution < -0.4 is 4.90 Å². The molecule has 3 aromatic rings. The van der Waals surface area contributed by atoms with Gasteiger partial charge in [0.05, 0.1) is 17.8 Å². The van der Waals surface area contributed by atoms with E-state index in [9.17, 15) is 0 Å². The largest absolute Gasteiger partial charge is 0.350 e. The normalized spacial score (nSPS) is 14.2. The van der Waals surface area contributed by atoms with Crippen LogP contribution in [0.15, 0.2) is 22.9 Å². The van der Waals surface area contributed by atoms with Crippen LogP contribution in [0.25, 0.3) is 11.5 Å². The summed E-state index contributed by atoms with van der Waals surface area (Å²) >= 11 is 0. The van der Waals surface area contributed by atoms with Gasteiger partial charge in [-0.25, -0.2) is 9.97 Å². The summed E-state index contributed by atoms with van der Waals surface area (Å²) in [5, 5.41) is 3.90. The van der Waals surface area contributed by atoms with Crippen molar-refractivity contribution < 1.29 is 4.52 Å². The molecule has 0 aromatic carbocycles. The Morgan fingerprint density at radius 3 is 2.80 bits per heavy atom. The van der Waals surface area contributed by atoms with E-state index < -0.39 is 0 Å². The van der Waals surface area contributed by atoms with Gasteiger partial charge in [-0.15, -0.1) is 0 Å². The van der Waals surface area contributed by atoms with Crippen LogP contribution in [0.3, 0.4) is 0 Å². The third-order valence-electron chi connectivity index (χ3n) is 4.65. The zero-order chi connectivity index (χ0) is 17.6. The Morgan fingerprint density at radius 2 is 2.08 bits per heavy atom. The summed E-state index contributed by atoms with van der Waals surface area (Å²) < 4.78 is 7.61. The molecule has 25 heavy (non-hydrogen) atoms. The van der Waals surface area contributed by atoms with Crippen LogP contribution in [0.4, 0.5) is 5.82 Å². The maximum atomic E-state index is 5.36. The average molecular weight is 338 g/mol. The van der Waals surface area contributed by atoms with Gasteiger partial charge in [0.15, 0.2) is 5.82 Å². The molecule has 130 valence electrons. The second kappa shape index (κ2) is 5.98. The molecule has 0 fully saturated rings. The van der Waals surface area contributed by atoms with Gasteiger partial charge in [-0.3, -0.25) is 0 Å². The minimum Gasteiger partial charge on any atom is -0.350 e. The Morgan fingerprint density at radius 1 is 1.24 bits per heavy atom. The van der Waals surface area contributed by atoms with Gasteiger partial charge in [-0.2, -0.15) is 4.98 Å². The molecule has 0 unspecified atom stereocenters. The van der Waals surface area contributed by atoms with Crippen LogP contribution in [0, 0.1) is 6.92 Å². The van der Waals surface area contributed by atoms with Gasteiger partial charge in [0.25, 0.3) is 5.89 Å². The molecule has 1 aliphatic rings. The van der Waals surface area contributed by atoms with Crippen molar-refractivity contribution in [2.24, 2.45) is 7.05 Å². The van der Waals surface area contributed by atoms with Crippen LogP contribution in [0.5, 0.6) is 0 Å². The van der Waals surface area contributed by atoms with Crippen molar-refractivity contribution in [2.45, 2.75) is 39.7 Å². The standard InChI is InChI=1S/C18H22N6O/c1-11(2)16-21-14-10-24(9-7-15(14)23(16)4)17-13(6-5-8-19-17)18-20-12(3)22-25-18/h5-6,8,11H,7,9-10H2,1-4H3. The number of aryl methyl sites for hydroxylation is 1. The third-order valence-corrected chi connectivity index (χ3v) is 4.65. The van der Waals surface area contributed by atoms with Crippen LogP contribution in [0.1, 0.15) is 42.8 Å². The van der Waals surface area contributed by atoms with E-state index >= 15 is 0 Å². The molecule has 3 aromatic heterocycles. The number of hydrogen-bond donors (Lipinski definition) is 0. The minimum absolute atomic E-state index is 0.413. The molecule has 0 radical (unpaired) electrons. The first kappa shape index (κ1) is 15.8. The lowest BCUT2D eigenvalue weighted by molar-refractivity contribution is 0.425. The number of nitrogens with zero attached hydrogens (tertiary/aromatic N) is 6. The van der Waals surface area contributed by atoms with Crippen LogP contribution in [0.2, 0.25) is 0 Å². The topological polar surface area (TPSA) is 72.9 Å². The highest BCUT2D eigenvalue weighted by molar-refractivity contribution is 5.70. The Bertz CT molecular complexity index is 910. The summed E-state index contributed by atoms with van der Waals surface area (Å²) in [6, 6.07) is 3.87. The molecule has 1 aliphatic heterocycles. The zero-order valence-electron chi connectivity index (χ0n) is 15.0. The lowest BCUT2D eigenvalue weighted by atomic mass is 10.1. The predicted octanol–water partition coefficient (Wildman–Crippen LogP) is 2.86. The quantitative estimate of drug-likeness (QED) is 0.731. The second-order valence-electron chi connectivity index (χ2n) is 6.77. The van der Waals surface area contributed by atoms with E-state index in [0.717, 1.165) is 42.4 Å². The van der Waals surface area contributed by atoms with Crippen molar-refractivity contribution in [1.29, 1.82) is 0 Å². The van der Waals surface area contributed by atoms with E-state index in [1.54, 1.807) is 6.20 Å². The fourth-order valence-electron chi connectivity index (χ4n) is 3.47. The second-order valence-corrected chi connectivity index (χ2v) is 6.77. The molecule has 0 saturated carbocycles. The molecule has 0 bridgehead atoms. The van der Waals surface area contributed by atoms with E-state index in [2.05, 4.69) is 45.5 Å². The highest BCUT2D eigenvalue weighted by Gasteiger charge is 2.26. The number of aromatic nitrogens is 5. The Balaban J connectivity index is 1.70. The number of hydrogen-bond acceptors (Lipinski definition) is 6. The van der Waals surface area contributed by atoms with Gasteiger partial charge < -0.3 is 14.0 Å². The van der Waals surface area contributed by atoms with E-state index in [1.807, 2.05) is 19.1 Å². The molecule has 0 saturated heterocycles. The van der Waals surface area contributed by atoms with Gasteiger partial charge in [0.2, 0.25) is 0 Å². The van der Waals surface area contributed by atoms with Crippen LogP contribution in [-0.2, 0) is 20.0 Å². The van der Waals surface area contributed by atoms with Gasteiger partial charge in [-0.1, -0.05) is 19.0 Å². The Kier molecular flexibility index (Phi) is 3.78. The molecule has 7 heteroatoms. The lowest BCUT2D eigenvalue weighted by Gasteiger charge is -2.28. The van der Waals surface area contributed by atoms with Crippen molar-refractivity contribution in [3.63, 3.8) is 0 Å². The minimum atomic E-state index is 0.413. The molecule has 7 nitrogen and oxygen atoms in total. The summed E-state index contributed by atoms with van der Waals surface area (Å²) in [5.74, 6) is 3.55. The summed E-state index contributed by atoms with van der Waals surface area (Å²) in [6.45, 7) is 7.81. The van der Waals surface area contributed by atoms with Crippen molar-refractivity contribution in [3.05, 3.63) is 41.4 Å². The van der Waals surface area contributed by atoms with E-state index in [0.29, 0.717) is 17.6 Å². The monoisotopic (exact) mass is 338 g/mol. The van der Waals surface area contributed by atoms with Crippen molar-refractivity contribution in [1.82, 2.24) is 24.7 Å². The first-order valence-corrected chi connectivity index (χ1v) is 8.59. The average Bonchev–Trinajstić information content (AvgIpc) is 3.18. The molecule has 0 atom stereocenters.